The highest BCUT2D eigenvalue weighted by Crippen LogP contribution is 2.27. The number of benzene rings is 1. The number of carbonyl (C=O) groups is 1. The lowest BCUT2D eigenvalue weighted by Gasteiger charge is -2.07. The zero-order valence-corrected chi connectivity index (χ0v) is 9.66. The maximum atomic E-state index is 11.8. The van der Waals surface area contributed by atoms with Gasteiger partial charge in [0.05, 0.1) is 12.1 Å². The van der Waals surface area contributed by atoms with Crippen LogP contribution in [0.4, 0.5) is 0 Å². The quantitative estimate of drug-likeness (QED) is 0.672. The lowest BCUT2D eigenvalue weighted by molar-refractivity contribution is 0.0946. The number of aryl methyl sites for hydroxylation is 1. The van der Waals surface area contributed by atoms with Crippen molar-refractivity contribution in [1.82, 2.24) is 20.1 Å². The second-order valence-corrected chi connectivity index (χ2v) is 3.71. The maximum absolute atomic E-state index is 11.8. The zero-order chi connectivity index (χ0) is 13.1. The minimum absolute atomic E-state index is 0.0113. The summed E-state index contributed by atoms with van der Waals surface area (Å²) in [5.74, 6) is -0.677. The number of nitrogens with one attached hydrogen (secondary N) is 1. The van der Waals surface area contributed by atoms with Gasteiger partial charge in [-0.2, -0.15) is 0 Å². The maximum Gasteiger partial charge on any atom is 0.255 e. The minimum Gasteiger partial charge on any atom is -0.504 e. The van der Waals surface area contributed by atoms with Gasteiger partial charge in [-0.3, -0.25) is 4.79 Å². The number of aromatic nitrogens is 3. The first-order chi connectivity index (χ1) is 8.59. The lowest BCUT2D eigenvalue weighted by Crippen LogP contribution is -2.24. The van der Waals surface area contributed by atoms with E-state index in [0.717, 1.165) is 0 Å². The highest BCUT2D eigenvalue weighted by molar-refractivity contribution is 5.97. The molecule has 0 aliphatic carbocycles. The molecule has 18 heavy (non-hydrogen) atoms. The number of amides is 1. The average Bonchev–Trinajstić information content (AvgIpc) is 2.75. The second kappa shape index (κ2) is 4.74. The van der Waals surface area contributed by atoms with E-state index in [1.54, 1.807) is 11.6 Å². The molecule has 0 radical (unpaired) electrons. The molecule has 0 fully saturated rings. The Balaban J connectivity index is 2.09. The number of rotatable bonds is 3. The van der Waals surface area contributed by atoms with Crippen LogP contribution in [0, 0.1) is 0 Å². The van der Waals surface area contributed by atoms with Crippen molar-refractivity contribution in [3.05, 3.63) is 35.9 Å². The third-order valence-corrected chi connectivity index (χ3v) is 2.47. The molecular weight excluding hydrogens is 236 g/mol. The van der Waals surface area contributed by atoms with E-state index in [0.29, 0.717) is 5.82 Å². The number of phenolic OH excluding ortho intramolecular Hbond substituents is 2. The van der Waals surface area contributed by atoms with Crippen molar-refractivity contribution in [2.75, 3.05) is 0 Å². The molecule has 2 rings (SSSR count). The average molecular weight is 248 g/mol. The predicted molar refractivity (Wildman–Crippen MR) is 61.9 cm³/mol. The van der Waals surface area contributed by atoms with E-state index in [9.17, 15) is 15.0 Å². The standard InChI is InChI=1S/C11H12N4O3/c1-15-6-13-14-9(15)5-12-11(18)7-3-2-4-8(16)10(7)17/h2-4,6,16-17H,5H2,1H3,(H,12,18). The fourth-order valence-corrected chi connectivity index (χ4v) is 1.44. The van der Waals surface area contributed by atoms with Crippen LogP contribution in [0.1, 0.15) is 16.2 Å². The topological polar surface area (TPSA) is 100 Å². The van der Waals surface area contributed by atoms with E-state index in [1.165, 1.54) is 24.5 Å². The van der Waals surface area contributed by atoms with Gasteiger partial charge in [0.25, 0.3) is 5.91 Å². The van der Waals surface area contributed by atoms with Crippen molar-refractivity contribution < 1.29 is 15.0 Å². The van der Waals surface area contributed by atoms with Crippen molar-refractivity contribution in [2.45, 2.75) is 6.54 Å². The van der Waals surface area contributed by atoms with E-state index in [2.05, 4.69) is 15.5 Å². The largest absolute Gasteiger partial charge is 0.504 e. The Morgan fingerprint density at radius 1 is 1.44 bits per heavy atom. The van der Waals surface area contributed by atoms with Crippen LogP contribution in [0.25, 0.3) is 0 Å². The van der Waals surface area contributed by atoms with Crippen molar-refractivity contribution >= 4 is 5.91 Å². The summed E-state index contributed by atoms with van der Waals surface area (Å²) in [5.41, 5.74) is 0.0113. The molecule has 1 amide bonds. The van der Waals surface area contributed by atoms with E-state index in [4.69, 9.17) is 0 Å². The summed E-state index contributed by atoms with van der Waals surface area (Å²) in [6.45, 7) is 0.185. The molecule has 1 aromatic heterocycles. The van der Waals surface area contributed by atoms with Gasteiger partial charge in [-0.1, -0.05) is 6.07 Å². The summed E-state index contributed by atoms with van der Waals surface area (Å²) < 4.78 is 1.67. The van der Waals surface area contributed by atoms with Gasteiger partial charge in [0.15, 0.2) is 17.3 Å². The van der Waals surface area contributed by atoms with Crippen molar-refractivity contribution in [1.29, 1.82) is 0 Å². The molecule has 0 aliphatic rings. The number of hydrogen-bond donors (Lipinski definition) is 3. The molecule has 7 nitrogen and oxygen atoms in total. The highest BCUT2D eigenvalue weighted by atomic mass is 16.3. The van der Waals surface area contributed by atoms with Gasteiger partial charge >= 0.3 is 0 Å². The van der Waals surface area contributed by atoms with Crippen LogP contribution < -0.4 is 5.32 Å². The molecule has 0 saturated heterocycles. The van der Waals surface area contributed by atoms with Gasteiger partial charge in [-0.05, 0) is 12.1 Å². The molecule has 0 aliphatic heterocycles. The van der Waals surface area contributed by atoms with E-state index in [1.807, 2.05) is 0 Å². The molecule has 2 aromatic rings. The van der Waals surface area contributed by atoms with Gasteiger partial charge in [-0.25, -0.2) is 0 Å². The van der Waals surface area contributed by atoms with Crippen molar-refractivity contribution in [3.8, 4) is 11.5 Å². The molecule has 1 heterocycles. The summed E-state index contributed by atoms with van der Waals surface area (Å²) >= 11 is 0. The number of aromatic hydroxyl groups is 2. The molecule has 1 aromatic carbocycles. The number of phenols is 2. The minimum atomic E-state index is -0.494. The molecule has 7 heteroatoms. The van der Waals surface area contributed by atoms with Crippen LogP contribution in [0.15, 0.2) is 24.5 Å². The van der Waals surface area contributed by atoms with Crippen LogP contribution in [-0.2, 0) is 13.6 Å². The Hall–Kier alpha value is -2.57. The Morgan fingerprint density at radius 2 is 2.22 bits per heavy atom. The molecule has 0 atom stereocenters. The predicted octanol–water partition coefficient (Wildman–Crippen LogP) is 0.156. The molecule has 3 N–H and O–H groups in total. The molecule has 0 saturated carbocycles. The summed E-state index contributed by atoms with van der Waals surface area (Å²) in [7, 11) is 1.76. The summed E-state index contributed by atoms with van der Waals surface area (Å²) in [6.07, 6.45) is 1.52. The van der Waals surface area contributed by atoms with Crippen LogP contribution in [0.3, 0.4) is 0 Å². The van der Waals surface area contributed by atoms with Gasteiger partial charge in [-0.15, -0.1) is 10.2 Å². The molecule has 0 bridgehead atoms. The zero-order valence-electron chi connectivity index (χ0n) is 9.66. The first kappa shape index (κ1) is 11.9. The Kier molecular flexibility index (Phi) is 3.13. The third kappa shape index (κ3) is 2.24. The summed E-state index contributed by atoms with van der Waals surface area (Å²) in [6, 6.07) is 4.20. The van der Waals surface area contributed by atoms with E-state index < -0.39 is 11.7 Å². The van der Waals surface area contributed by atoms with E-state index in [-0.39, 0.29) is 17.9 Å². The Bertz CT molecular complexity index is 579. The molecule has 0 unspecified atom stereocenters. The first-order valence-electron chi connectivity index (χ1n) is 5.21. The monoisotopic (exact) mass is 248 g/mol. The van der Waals surface area contributed by atoms with Crippen LogP contribution >= 0.6 is 0 Å². The summed E-state index contributed by atoms with van der Waals surface area (Å²) in [5, 5.41) is 28.9. The van der Waals surface area contributed by atoms with Crippen LogP contribution in [0.5, 0.6) is 11.5 Å². The number of nitrogens with zero attached hydrogens (tertiary/aromatic N) is 3. The lowest BCUT2D eigenvalue weighted by atomic mass is 10.1. The van der Waals surface area contributed by atoms with Crippen LogP contribution in [-0.4, -0.2) is 30.9 Å². The fraction of sp³-hybridized carbons (Fsp3) is 0.182. The number of para-hydroxylation sites is 1. The molecule has 94 valence electrons. The normalized spacial score (nSPS) is 10.3. The van der Waals surface area contributed by atoms with Gasteiger partial charge in [0, 0.05) is 7.05 Å². The fourth-order valence-electron chi connectivity index (χ4n) is 1.44. The Morgan fingerprint density at radius 3 is 2.89 bits per heavy atom. The molecule has 0 spiro atoms. The highest BCUT2D eigenvalue weighted by Gasteiger charge is 2.14. The SMILES string of the molecule is Cn1cnnc1CNC(=O)c1cccc(O)c1O. The van der Waals surface area contributed by atoms with Crippen molar-refractivity contribution in [2.24, 2.45) is 7.05 Å². The molecular formula is C11H12N4O3. The number of hydrogen-bond acceptors (Lipinski definition) is 5. The van der Waals surface area contributed by atoms with Gasteiger partial charge in [0.1, 0.15) is 6.33 Å². The number of carbonyl (C=O) groups excluding carboxylic acids is 1. The van der Waals surface area contributed by atoms with Gasteiger partial charge in [0.2, 0.25) is 0 Å². The third-order valence-electron chi connectivity index (χ3n) is 2.47. The van der Waals surface area contributed by atoms with Crippen molar-refractivity contribution in [3.63, 3.8) is 0 Å². The second-order valence-electron chi connectivity index (χ2n) is 3.71. The smallest absolute Gasteiger partial charge is 0.255 e. The van der Waals surface area contributed by atoms with Gasteiger partial charge < -0.3 is 20.1 Å². The first-order valence-corrected chi connectivity index (χ1v) is 5.21. The van der Waals surface area contributed by atoms with E-state index >= 15 is 0 Å². The van der Waals surface area contributed by atoms with Crippen LogP contribution in [0.2, 0.25) is 0 Å². The Labute approximate surface area is 103 Å². The summed E-state index contributed by atoms with van der Waals surface area (Å²) in [4.78, 5) is 11.8.